The molecule has 1 fully saturated rings. The number of aliphatic hydroxyl groups excluding tert-OH is 1. The number of likely N-dealkylation sites (N-methyl/N-ethyl adjacent to an activating group) is 1. The number of rotatable bonds is 7. The van der Waals surface area contributed by atoms with Gasteiger partial charge in [-0.15, -0.1) is 0 Å². The molecule has 180 valence electrons. The van der Waals surface area contributed by atoms with Crippen LogP contribution >= 0.6 is 23.2 Å². The first-order valence-corrected chi connectivity index (χ1v) is 12.0. The van der Waals surface area contributed by atoms with Gasteiger partial charge in [-0.05, 0) is 49.0 Å². The first kappa shape index (κ1) is 24.4. The molecule has 2 aliphatic heterocycles. The van der Waals surface area contributed by atoms with E-state index in [1.165, 1.54) is 4.90 Å². The van der Waals surface area contributed by atoms with E-state index in [0.717, 1.165) is 13.1 Å². The Kier molecular flexibility index (Phi) is 7.36. The molecule has 0 saturated carbocycles. The van der Waals surface area contributed by atoms with Gasteiger partial charge in [-0.1, -0.05) is 43.1 Å². The first-order valence-electron chi connectivity index (χ1n) is 11.2. The molecule has 2 aromatic carbocycles. The predicted molar refractivity (Wildman–Crippen MR) is 131 cm³/mol. The molecule has 34 heavy (non-hydrogen) atoms. The summed E-state index contributed by atoms with van der Waals surface area (Å²) in [5, 5.41) is 12.0. The number of Topliss-reactive ketones (excluding diaryl/α,β-unsaturated/α-hetero) is 1. The van der Waals surface area contributed by atoms with E-state index in [9.17, 15) is 14.7 Å². The molecule has 2 aliphatic rings. The van der Waals surface area contributed by atoms with Crippen LogP contribution in [0.2, 0.25) is 10.0 Å². The summed E-state index contributed by atoms with van der Waals surface area (Å²) in [7, 11) is 0. The van der Waals surface area contributed by atoms with Crippen LogP contribution in [-0.2, 0) is 9.59 Å². The maximum absolute atomic E-state index is 13.2. The van der Waals surface area contributed by atoms with Gasteiger partial charge in [-0.3, -0.25) is 9.59 Å². The number of hydrogen-bond acceptors (Lipinski definition) is 6. The molecule has 2 aromatic rings. The third kappa shape index (κ3) is 4.60. The van der Waals surface area contributed by atoms with Crippen molar-refractivity contribution in [3.05, 3.63) is 63.1 Å². The summed E-state index contributed by atoms with van der Waals surface area (Å²) < 4.78 is 11.2. The second-order valence-electron chi connectivity index (χ2n) is 8.04. The van der Waals surface area contributed by atoms with Crippen molar-refractivity contribution < 1.29 is 24.2 Å². The highest BCUT2D eigenvalue weighted by atomic mass is 35.5. The van der Waals surface area contributed by atoms with E-state index in [1.54, 1.807) is 36.4 Å². The van der Waals surface area contributed by atoms with Crippen molar-refractivity contribution in [1.82, 2.24) is 9.80 Å². The number of nitrogens with zero attached hydrogens (tertiary/aromatic N) is 2. The number of ether oxygens (including phenoxy) is 2. The number of likely N-dealkylation sites (tertiary alicyclic amines) is 1. The Bertz CT molecular complexity index is 1150. The lowest BCUT2D eigenvalue weighted by atomic mass is 9.95. The molecular formula is C25H26Cl2N2O5. The molecular weight excluding hydrogens is 479 g/mol. The van der Waals surface area contributed by atoms with Crippen molar-refractivity contribution in [1.29, 1.82) is 0 Å². The molecule has 1 atom stereocenters. The van der Waals surface area contributed by atoms with Crippen LogP contribution in [0.3, 0.4) is 0 Å². The first-order chi connectivity index (χ1) is 16.3. The average molecular weight is 505 g/mol. The highest BCUT2D eigenvalue weighted by molar-refractivity contribution is 6.47. The van der Waals surface area contributed by atoms with Crippen molar-refractivity contribution >= 4 is 40.7 Å². The van der Waals surface area contributed by atoms with E-state index in [1.807, 2.05) is 13.8 Å². The quantitative estimate of drug-likeness (QED) is 0.339. The second-order valence-corrected chi connectivity index (χ2v) is 8.89. The van der Waals surface area contributed by atoms with Crippen LogP contribution in [0.5, 0.6) is 11.5 Å². The minimum absolute atomic E-state index is 0.0227. The fraction of sp³-hybridized carbons (Fsp3) is 0.360. The Morgan fingerprint density at radius 1 is 1.06 bits per heavy atom. The number of aliphatic hydroxyl groups is 1. The smallest absolute Gasteiger partial charge is 0.295 e. The van der Waals surface area contributed by atoms with Crippen molar-refractivity contribution in [2.24, 2.45) is 0 Å². The maximum Gasteiger partial charge on any atom is 0.295 e. The fourth-order valence-corrected chi connectivity index (χ4v) is 4.80. The summed E-state index contributed by atoms with van der Waals surface area (Å²) in [6.07, 6.45) is 0. The number of halogens is 2. The second kappa shape index (κ2) is 10.3. The summed E-state index contributed by atoms with van der Waals surface area (Å²) in [6, 6.07) is 8.95. The van der Waals surface area contributed by atoms with Gasteiger partial charge in [0.1, 0.15) is 19.0 Å². The number of fused-ring (bicyclic) bond motifs is 1. The van der Waals surface area contributed by atoms with E-state index in [2.05, 4.69) is 4.90 Å². The number of benzene rings is 2. The van der Waals surface area contributed by atoms with E-state index in [4.69, 9.17) is 32.7 Å². The van der Waals surface area contributed by atoms with E-state index in [-0.39, 0.29) is 11.3 Å². The third-order valence-electron chi connectivity index (χ3n) is 6.16. The monoisotopic (exact) mass is 504 g/mol. The standard InChI is InChI=1S/C25H26Cl2N2O5/c1-3-28(4-2)9-10-29-22(17-7-6-16(26)14-18(17)27)21(24(31)25(29)32)23(30)15-5-8-19-20(13-15)34-12-11-33-19/h5-8,13-14,22,30H,3-4,9-12H2,1-2H3. The molecule has 0 aromatic heterocycles. The largest absolute Gasteiger partial charge is 0.507 e. The van der Waals surface area contributed by atoms with Crippen LogP contribution in [0, 0.1) is 0 Å². The lowest BCUT2D eigenvalue weighted by Gasteiger charge is -2.28. The zero-order valence-corrected chi connectivity index (χ0v) is 20.5. The number of carbonyl (C=O) groups is 2. The minimum atomic E-state index is -0.853. The molecule has 0 aliphatic carbocycles. The average Bonchev–Trinajstić information content (AvgIpc) is 3.08. The van der Waals surface area contributed by atoms with Crippen LogP contribution in [-0.4, -0.2) is 66.0 Å². The zero-order chi connectivity index (χ0) is 24.4. The molecule has 7 nitrogen and oxygen atoms in total. The maximum atomic E-state index is 13.2. The summed E-state index contributed by atoms with van der Waals surface area (Å²) in [4.78, 5) is 30.0. The van der Waals surface area contributed by atoms with Crippen LogP contribution in [0.4, 0.5) is 0 Å². The SMILES string of the molecule is CCN(CC)CCN1C(=O)C(=O)C(=C(O)c2ccc3c(c2)OCCO3)C1c1ccc(Cl)cc1Cl. The van der Waals surface area contributed by atoms with Crippen molar-refractivity contribution in [2.75, 3.05) is 39.4 Å². The Morgan fingerprint density at radius 2 is 1.76 bits per heavy atom. The highest BCUT2D eigenvalue weighted by Crippen LogP contribution is 2.43. The highest BCUT2D eigenvalue weighted by Gasteiger charge is 2.46. The topological polar surface area (TPSA) is 79.3 Å². The van der Waals surface area contributed by atoms with Gasteiger partial charge in [0, 0.05) is 28.7 Å². The zero-order valence-electron chi connectivity index (χ0n) is 19.0. The fourth-order valence-electron chi connectivity index (χ4n) is 4.29. The van der Waals surface area contributed by atoms with Gasteiger partial charge >= 0.3 is 0 Å². The van der Waals surface area contributed by atoms with Gasteiger partial charge < -0.3 is 24.4 Å². The van der Waals surface area contributed by atoms with Gasteiger partial charge in [0.15, 0.2) is 11.5 Å². The molecule has 1 amide bonds. The Balaban J connectivity index is 1.82. The molecule has 0 spiro atoms. The Morgan fingerprint density at radius 3 is 2.44 bits per heavy atom. The summed E-state index contributed by atoms with van der Waals surface area (Å²) >= 11 is 12.6. The lowest BCUT2D eigenvalue weighted by Crippen LogP contribution is -2.38. The summed E-state index contributed by atoms with van der Waals surface area (Å²) in [5.41, 5.74) is 0.843. The van der Waals surface area contributed by atoms with Gasteiger partial charge in [0.2, 0.25) is 0 Å². The van der Waals surface area contributed by atoms with Crippen LogP contribution < -0.4 is 9.47 Å². The molecule has 0 bridgehead atoms. The molecule has 1 saturated heterocycles. The van der Waals surface area contributed by atoms with E-state index >= 15 is 0 Å². The van der Waals surface area contributed by atoms with Gasteiger partial charge in [0.25, 0.3) is 11.7 Å². The van der Waals surface area contributed by atoms with Crippen LogP contribution in [0.15, 0.2) is 42.0 Å². The molecule has 1 unspecified atom stereocenters. The number of carbonyl (C=O) groups excluding carboxylic acids is 2. The molecule has 4 rings (SSSR count). The number of amides is 1. The summed E-state index contributed by atoms with van der Waals surface area (Å²) in [5.74, 6) is -0.714. The molecule has 1 N–H and O–H groups in total. The lowest BCUT2D eigenvalue weighted by molar-refractivity contribution is -0.140. The van der Waals surface area contributed by atoms with Crippen molar-refractivity contribution in [3.63, 3.8) is 0 Å². The van der Waals surface area contributed by atoms with Gasteiger partial charge in [-0.25, -0.2) is 0 Å². The van der Waals surface area contributed by atoms with E-state index < -0.39 is 17.7 Å². The molecule has 9 heteroatoms. The molecule has 0 radical (unpaired) electrons. The summed E-state index contributed by atoms with van der Waals surface area (Å²) in [6.45, 7) is 7.38. The van der Waals surface area contributed by atoms with Crippen molar-refractivity contribution in [3.8, 4) is 11.5 Å². The van der Waals surface area contributed by atoms with Gasteiger partial charge in [0.05, 0.1) is 11.6 Å². The van der Waals surface area contributed by atoms with Crippen LogP contribution in [0.25, 0.3) is 5.76 Å². The molecule has 2 heterocycles. The van der Waals surface area contributed by atoms with Gasteiger partial charge in [-0.2, -0.15) is 0 Å². The van der Waals surface area contributed by atoms with Crippen LogP contribution in [0.1, 0.15) is 31.0 Å². The predicted octanol–water partition coefficient (Wildman–Crippen LogP) is 4.53. The third-order valence-corrected chi connectivity index (χ3v) is 6.73. The Hall–Kier alpha value is -2.74. The van der Waals surface area contributed by atoms with E-state index in [0.29, 0.717) is 59.0 Å². The number of ketones is 1. The van der Waals surface area contributed by atoms with Crippen molar-refractivity contribution in [2.45, 2.75) is 19.9 Å². The minimum Gasteiger partial charge on any atom is -0.507 e. The Labute approximate surface area is 208 Å². The normalized spacial score (nSPS) is 19.2. The number of hydrogen-bond donors (Lipinski definition) is 1.